The molecular weight excluding hydrogens is 278 g/mol. The fourth-order valence-corrected chi connectivity index (χ4v) is 4.72. The van der Waals surface area contributed by atoms with Crippen LogP contribution in [0.4, 0.5) is 0 Å². The summed E-state index contributed by atoms with van der Waals surface area (Å²) in [6.45, 7) is 3.36. The molecule has 1 amide bonds. The molecule has 3 aliphatic rings. The zero-order valence-corrected chi connectivity index (χ0v) is 13.3. The van der Waals surface area contributed by atoms with Crippen LogP contribution in [0.1, 0.15) is 49.7 Å². The van der Waals surface area contributed by atoms with Crippen molar-refractivity contribution in [2.24, 2.45) is 5.92 Å². The maximum absolute atomic E-state index is 12.4. The summed E-state index contributed by atoms with van der Waals surface area (Å²) in [5.41, 5.74) is 2.61. The van der Waals surface area contributed by atoms with Crippen LogP contribution in [0.25, 0.3) is 0 Å². The fraction of sp³-hybridized carbons (Fsp3) is 0.611. The number of amides is 1. The van der Waals surface area contributed by atoms with Crippen molar-refractivity contribution in [3.8, 4) is 11.5 Å². The van der Waals surface area contributed by atoms with Gasteiger partial charge in [-0.05, 0) is 48.9 Å². The second-order valence-corrected chi connectivity index (χ2v) is 6.65. The molecule has 0 N–H and O–H groups in total. The van der Waals surface area contributed by atoms with Crippen molar-refractivity contribution in [3.63, 3.8) is 0 Å². The van der Waals surface area contributed by atoms with E-state index in [0.29, 0.717) is 30.4 Å². The Kier molecular flexibility index (Phi) is 3.28. The first-order valence-electron chi connectivity index (χ1n) is 8.36. The van der Waals surface area contributed by atoms with Gasteiger partial charge in [-0.25, -0.2) is 0 Å². The van der Waals surface area contributed by atoms with Gasteiger partial charge in [-0.2, -0.15) is 0 Å². The van der Waals surface area contributed by atoms with Crippen molar-refractivity contribution in [3.05, 3.63) is 23.3 Å². The first-order chi connectivity index (χ1) is 10.7. The molecule has 1 saturated carbocycles. The van der Waals surface area contributed by atoms with Gasteiger partial charge in [0.05, 0.1) is 13.7 Å². The quantitative estimate of drug-likeness (QED) is 0.861. The van der Waals surface area contributed by atoms with Crippen molar-refractivity contribution in [1.82, 2.24) is 4.90 Å². The highest BCUT2D eigenvalue weighted by Crippen LogP contribution is 2.51. The van der Waals surface area contributed by atoms with E-state index in [2.05, 4.69) is 17.0 Å². The Morgan fingerprint density at radius 1 is 1.27 bits per heavy atom. The van der Waals surface area contributed by atoms with E-state index in [9.17, 15) is 4.79 Å². The summed E-state index contributed by atoms with van der Waals surface area (Å²) in [6.07, 6.45) is 4.34. The van der Waals surface area contributed by atoms with Crippen molar-refractivity contribution >= 4 is 5.91 Å². The van der Waals surface area contributed by atoms with E-state index in [0.717, 1.165) is 24.5 Å². The lowest BCUT2D eigenvalue weighted by Gasteiger charge is -2.43. The molecule has 4 nitrogen and oxygen atoms in total. The van der Waals surface area contributed by atoms with E-state index >= 15 is 0 Å². The van der Waals surface area contributed by atoms with E-state index in [1.807, 2.05) is 6.92 Å². The topological polar surface area (TPSA) is 38.8 Å². The van der Waals surface area contributed by atoms with Crippen LogP contribution < -0.4 is 9.47 Å². The van der Waals surface area contributed by atoms with Gasteiger partial charge in [0.2, 0.25) is 5.91 Å². The molecule has 0 radical (unpaired) electrons. The summed E-state index contributed by atoms with van der Waals surface area (Å²) in [5.74, 6) is 2.97. The number of methoxy groups -OCH3 is 1. The number of hydrogen-bond acceptors (Lipinski definition) is 3. The molecule has 1 aromatic carbocycles. The summed E-state index contributed by atoms with van der Waals surface area (Å²) in [7, 11) is 1.67. The van der Waals surface area contributed by atoms with Gasteiger partial charge in [-0.15, -0.1) is 0 Å². The van der Waals surface area contributed by atoms with Crippen molar-refractivity contribution < 1.29 is 14.3 Å². The van der Waals surface area contributed by atoms with Gasteiger partial charge in [0.1, 0.15) is 0 Å². The fourth-order valence-electron chi connectivity index (χ4n) is 4.72. The van der Waals surface area contributed by atoms with Crippen LogP contribution >= 0.6 is 0 Å². The number of nitrogens with zero attached hydrogens (tertiary/aromatic N) is 1. The van der Waals surface area contributed by atoms with Crippen LogP contribution in [0, 0.1) is 5.92 Å². The second-order valence-electron chi connectivity index (χ2n) is 6.65. The van der Waals surface area contributed by atoms with E-state index in [4.69, 9.17) is 9.47 Å². The van der Waals surface area contributed by atoms with Crippen LogP contribution in [-0.4, -0.2) is 30.6 Å². The molecule has 0 spiro atoms. The predicted molar refractivity (Wildman–Crippen MR) is 83.2 cm³/mol. The van der Waals surface area contributed by atoms with Crippen molar-refractivity contribution in [2.45, 2.75) is 51.1 Å². The van der Waals surface area contributed by atoms with Crippen LogP contribution in [0.2, 0.25) is 0 Å². The average Bonchev–Trinajstić information content (AvgIpc) is 2.85. The van der Waals surface area contributed by atoms with Gasteiger partial charge < -0.3 is 14.4 Å². The minimum absolute atomic E-state index is 0.334. The van der Waals surface area contributed by atoms with Crippen LogP contribution in [0.3, 0.4) is 0 Å². The Hall–Kier alpha value is -1.71. The molecule has 3 atom stereocenters. The number of hydrogen-bond donors (Lipinski definition) is 0. The number of carbonyl (C=O) groups excluding carboxylic acids is 1. The molecule has 1 aliphatic carbocycles. The minimum atomic E-state index is 0.334. The van der Waals surface area contributed by atoms with Gasteiger partial charge in [0, 0.05) is 24.9 Å². The number of fused-ring (bicyclic) bond motifs is 2. The maximum atomic E-state index is 12.4. The Balaban J connectivity index is 1.80. The Morgan fingerprint density at radius 2 is 2.14 bits per heavy atom. The molecule has 0 bridgehead atoms. The lowest BCUT2D eigenvalue weighted by Crippen LogP contribution is -2.45. The molecule has 118 valence electrons. The summed E-state index contributed by atoms with van der Waals surface area (Å²) >= 11 is 0. The third kappa shape index (κ3) is 1.93. The molecule has 2 heterocycles. The molecule has 22 heavy (non-hydrogen) atoms. The van der Waals surface area contributed by atoms with Gasteiger partial charge in [0.15, 0.2) is 11.5 Å². The van der Waals surface area contributed by atoms with Crippen LogP contribution in [0.15, 0.2) is 12.1 Å². The van der Waals surface area contributed by atoms with E-state index in [1.54, 1.807) is 7.11 Å². The smallest absolute Gasteiger partial charge is 0.223 e. The van der Waals surface area contributed by atoms with E-state index < -0.39 is 0 Å². The molecule has 4 rings (SSSR count). The highest BCUT2D eigenvalue weighted by Gasteiger charge is 2.49. The summed E-state index contributed by atoms with van der Waals surface area (Å²) in [5, 5.41) is 0. The van der Waals surface area contributed by atoms with Crippen LogP contribution in [0.5, 0.6) is 11.5 Å². The maximum Gasteiger partial charge on any atom is 0.223 e. The number of benzene rings is 1. The number of ether oxygens (including phenoxy) is 2. The Labute approximate surface area is 131 Å². The molecule has 0 aromatic heterocycles. The van der Waals surface area contributed by atoms with Crippen molar-refractivity contribution in [2.75, 3.05) is 13.7 Å². The lowest BCUT2D eigenvalue weighted by atomic mass is 9.71. The van der Waals surface area contributed by atoms with Gasteiger partial charge >= 0.3 is 0 Å². The number of rotatable bonds is 3. The zero-order chi connectivity index (χ0) is 15.3. The molecular formula is C18H23NO3. The summed E-state index contributed by atoms with van der Waals surface area (Å²) in [6, 6.07) is 4.66. The average molecular weight is 301 g/mol. The summed E-state index contributed by atoms with van der Waals surface area (Å²) < 4.78 is 11.2. The molecule has 2 aliphatic heterocycles. The molecule has 1 saturated heterocycles. The first kappa shape index (κ1) is 13.9. The highest BCUT2D eigenvalue weighted by atomic mass is 16.5. The Bertz CT molecular complexity index is 613. The molecule has 1 aromatic rings. The minimum Gasteiger partial charge on any atom is -0.493 e. The lowest BCUT2D eigenvalue weighted by molar-refractivity contribution is -0.130. The first-order valence-corrected chi connectivity index (χ1v) is 8.36. The van der Waals surface area contributed by atoms with E-state index in [1.165, 1.54) is 30.4 Å². The number of carbonyl (C=O) groups is 1. The van der Waals surface area contributed by atoms with Crippen molar-refractivity contribution in [1.29, 1.82) is 0 Å². The SMILES string of the molecule is CCOc1cc2c(cc1OC)CN1C(=O)C[C@@H]3CCC[C@H]2[C@@H]31. The van der Waals surface area contributed by atoms with E-state index in [-0.39, 0.29) is 0 Å². The standard InChI is InChI=1S/C18H23NO3/c1-3-22-16-9-14-12(7-15(16)21-2)10-19-17(20)8-11-5-4-6-13(14)18(11)19/h7,9,11,13,18H,3-6,8,10H2,1-2H3/t11-,13+,18+/m0/s1. The van der Waals surface area contributed by atoms with Gasteiger partial charge in [0.25, 0.3) is 0 Å². The molecule has 2 fully saturated rings. The zero-order valence-electron chi connectivity index (χ0n) is 13.3. The second kappa shape index (κ2) is 5.18. The molecule has 0 unspecified atom stereocenters. The highest BCUT2D eigenvalue weighted by molar-refractivity contribution is 5.80. The third-order valence-corrected chi connectivity index (χ3v) is 5.57. The predicted octanol–water partition coefficient (Wildman–Crippen LogP) is 3.09. The molecule has 4 heteroatoms. The largest absolute Gasteiger partial charge is 0.493 e. The van der Waals surface area contributed by atoms with Gasteiger partial charge in [-0.1, -0.05) is 6.42 Å². The summed E-state index contributed by atoms with van der Waals surface area (Å²) in [4.78, 5) is 14.5. The Morgan fingerprint density at radius 3 is 2.91 bits per heavy atom. The monoisotopic (exact) mass is 301 g/mol. The van der Waals surface area contributed by atoms with Gasteiger partial charge in [-0.3, -0.25) is 4.79 Å². The van der Waals surface area contributed by atoms with Crippen LogP contribution in [-0.2, 0) is 11.3 Å². The third-order valence-electron chi connectivity index (χ3n) is 5.57. The normalized spacial score (nSPS) is 29.1.